The van der Waals surface area contributed by atoms with Crippen LogP contribution >= 0.6 is 12.2 Å². The molecule has 0 fully saturated rings. The third-order valence-corrected chi connectivity index (χ3v) is 3.91. The lowest BCUT2D eigenvalue weighted by molar-refractivity contribution is -0.122. The molecule has 0 saturated heterocycles. The van der Waals surface area contributed by atoms with E-state index < -0.39 is 0 Å². The van der Waals surface area contributed by atoms with Crippen LogP contribution in [0.4, 0.5) is 5.69 Å². The van der Waals surface area contributed by atoms with Crippen LogP contribution in [0.1, 0.15) is 19.4 Å². The van der Waals surface area contributed by atoms with Gasteiger partial charge in [0.1, 0.15) is 5.52 Å². The third-order valence-electron chi connectivity index (χ3n) is 3.71. The van der Waals surface area contributed by atoms with Crippen LogP contribution in [0.15, 0.2) is 46.9 Å². The first kappa shape index (κ1) is 17.1. The molecule has 1 heterocycles. The average molecular weight is 353 g/mol. The van der Waals surface area contributed by atoms with Crippen molar-refractivity contribution in [2.24, 2.45) is 5.92 Å². The number of fused-ring (bicyclic) bond motifs is 1. The first-order chi connectivity index (χ1) is 11.9. The van der Waals surface area contributed by atoms with Gasteiger partial charge >= 0.3 is 0 Å². The Labute approximate surface area is 151 Å². The van der Waals surface area contributed by atoms with Gasteiger partial charge in [-0.2, -0.15) is 0 Å². The molecule has 3 rings (SSSR count). The highest BCUT2D eigenvalue weighted by molar-refractivity contribution is 7.80. The SMILES string of the molecule is Cc1ccc(-c2nc3cc(NC(=S)NC(=O)C(C)C)ccc3o2)cc1. The van der Waals surface area contributed by atoms with E-state index in [9.17, 15) is 4.79 Å². The Morgan fingerprint density at radius 2 is 1.88 bits per heavy atom. The zero-order valence-electron chi connectivity index (χ0n) is 14.3. The predicted molar refractivity (Wildman–Crippen MR) is 103 cm³/mol. The minimum Gasteiger partial charge on any atom is -0.436 e. The second-order valence-corrected chi connectivity index (χ2v) is 6.57. The summed E-state index contributed by atoms with van der Waals surface area (Å²) in [5, 5.41) is 5.91. The third kappa shape index (κ3) is 4.03. The lowest BCUT2D eigenvalue weighted by Gasteiger charge is -2.10. The number of anilines is 1. The summed E-state index contributed by atoms with van der Waals surface area (Å²) in [6.45, 7) is 5.66. The lowest BCUT2D eigenvalue weighted by Crippen LogP contribution is -2.36. The van der Waals surface area contributed by atoms with E-state index in [4.69, 9.17) is 16.6 Å². The minimum atomic E-state index is -0.130. The Balaban J connectivity index is 1.79. The summed E-state index contributed by atoms with van der Waals surface area (Å²) in [5.74, 6) is 0.319. The van der Waals surface area contributed by atoms with Crippen LogP contribution in [0.3, 0.4) is 0 Å². The topological polar surface area (TPSA) is 67.2 Å². The smallest absolute Gasteiger partial charge is 0.228 e. The fraction of sp³-hybridized carbons (Fsp3) is 0.211. The van der Waals surface area contributed by atoms with Gasteiger partial charge in [-0.05, 0) is 49.5 Å². The van der Waals surface area contributed by atoms with E-state index in [-0.39, 0.29) is 16.9 Å². The van der Waals surface area contributed by atoms with E-state index in [0.717, 1.165) is 16.8 Å². The van der Waals surface area contributed by atoms with Crippen LogP contribution in [0, 0.1) is 12.8 Å². The molecule has 0 aliphatic carbocycles. The van der Waals surface area contributed by atoms with Crippen LogP contribution in [-0.2, 0) is 4.79 Å². The number of amides is 1. The van der Waals surface area contributed by atoms with Crippen molar-refractivity contribution >= 4 is 40.0 Å². The largest absolute Gasteiger partial charge is 0.436 e. The first-order valence-electron chi connectivity index (χ1n) is 8.02. The van der Waals surface area contributed by atoms with E-state index in [1.807, 2.05) is 63.2 Å². The maximum atomic E-state index is 11.7. The Kier molecular flexibility index (Phi) is 4.81. The van der Waals surface area contributed by atoms with E-state index >= 15 is 0 Å². The Morgan fingerprint density at radius 3 is 2.56 bits per heavy atom. The molecule has 0 saturated carbocycles. The van der Waals surface area contributed by atoms with Gasteiger partial charge in [0.25, 0.3) is 0 Å². The van der Waals surface area contributed by atoms with Gasteiger partial charge in [0, 0.05) is 17.2 Å². The predicted octanol–water partition coefficient (Wildman–Crippen LogP) is 4.27. The summed E-state index contributed by atoms with van der Waals surface area (Å²) < 4.78 is 5.81. The molecule has 0 aliphatic heterocycles. The number of nitrogens with one attached hydrogen (secondary N) is 2. The highest BCUT2D eigenvalue weighted by Gasteiger charge is 2.11. The molecule has 0 radical (unpaired) electrons. The van der Waals surface area contributed by atoms with E-state index in [2.05, 4.69) is 15.6 Å². The molecular formula is C19H19N3O2S. The molecule has 1 amide bonds. The highest BCUT2D eigenvalue weighted by atomic mass is 32.1. The van der Waals surface area contributed by atoms with Crippen molar-refractivity contribution in [3.63, 3.8) is 0 Å². The summed E-state index contributed by atoms with van der Waals surface area (Å²) in [4.78, 5) is 16.2. The van der Waals surface area contributed by atoms with Crippen LogP contribution in [0.2, 0.25) is 0 Å². The van der Waals surface area contributed by atoms with Gasteiger partial charge in [-0.3, -0.25) is 4.79 Å². The fourth-order valence-electron chi connectivity index (χ4n) is 2.24. The van der Waals surface area contributed by atoms with Gasteiger partial charge in [-0.25, -0.2) is 4.98 Å². The molecule has 128 valence electrons. The van der Waals surface area contributed by atoms with Crippen molar-refractivity contribution in [2.45, 2.75) is 20.8 Å². The van der Waals surface area contributed by atoms with Gasteiger partial charge < -0.3 is 15.1 Å². The standard InChI is InChI=1S/C19H19N3O2S/c1-11(2)17(23)22-19(25)20-14-8-9-16-15(10-14)21-18(24-16)13-6-4-12(3)5-7-13/h4-11H,1-3H3,(H2,20,22,23,25). The van der Waals surface area contributed by atoms with Crippen molar-refractivity contribution in [3.8, 4) is 11.5 Å². The average Bonchev–Trinajstić information content (AvgIpc) is 2.98. The number of aryl methyl sites for hydroxylation is 1. The molecule has 25 heavy (non-hydrogen) atoms. The number of carbonyl (C=O) groups excluding carboxylic acids is 1. The molecular weight excluding hydrogens is 334 g/mol. The Hall–Kier alpha value is -2.73. The van der Waals surface area contributed by atoms with Gasteiger partial charge in [0.05, 0.1) is 0 Å². The molecule has 0 aliphatic rings. The number of nitrogens with zero attached hydrogens (tertiary/aromatic N) is 1. The molecule has 2 N–H and O–H groups in total. The molecule has 0 spiro atoms. The number of hydrogen-bond donors (Lipinski definition) is 2. The van der Waals surface area contributed by atoms with Crippen LogP contribution in [0.25, 0.3) is 22.6 Å². The van der Waals surface area contributed by atoms with Gasteiger partial charge in [-0.15, -0.1) is 0 Å². The van der Waals surface area contributed by atoms with Gasteiger partial charge in [0.15, 0.2) is 10.7 Å². The molecule has 0 bridgehead atoms. The number of hydrogen-bond acceptors (Lipinski definition) is 4. The van der Waals surface area contributed by atoms with Crippen molar-refractivity contribution in [1.82, 2.24) is 10.3 Å². The summed E-state index contributed by atoms with van der Waals surface area (Å²) in [7, 11) is 0. The van der Waals surface area contributed by atoms with E-state index in [1.54, 1.807) is 0 Å². The summed E-state index contributed by atoms with van der Waals surface area (Å²) >= 11 is 5.16. The van der Waals surface area contributed by atoms with Crippen molar-refractivity contribution < 1.29 is 9.21 Å². The molecule has 6 heteroatoms. The maximum Gasteiger partial charge on any atom is 0.228 e. The molecule has 0 unspecified atom stereocenters. The number of thiocarbonyl (C=S) groups is 1. The highest BCUT2D eigenvalue weighted by Crippen LogP contribution is 2.26. The first-order valence-corrected chi connectivity index (χ1v) is 8.42. The number of aromatic nitrogens is 1. The van der Waals surface area contributed by atoms with E-state index in [0.29, 0.717) is 11.5 Å². The second kappa shape index (κ2) is 7.03. The van der Waals surface area contributed by atoms with Crippen LogP contribution < -0.4 is 10.6 Å². The zero-order chi connectivity index (χ0) is 18.0. The molecule has 2 aromatic carbocycles. The van der Waals surface area contributed by atoms with Crippen molar-refractivity contribution in [1.29, 1.82) is 0 Å². The van der Waals surface area contributed by atoms with Crippen LogP contribution in [0.5, 0.6) is 0 Å². The monoisotopic (exact) mass is 353 g/mol. The molecule has 1 aromatic heterocycles. The molecule has 5 nitrogen and oxygen atoms in total. The summed E-state index contributed by atoms with van der Waals surface area (Å²) in [5.41, 5.74) is 4.27. The molecule has 3 aromatic rings. The number of oxazole rings is 1. The Morgan fingerprint density at radius 1 is 1.16 bits per heavy atom. The van der Waals surface area contributed by atoms with Crippen molar-refractivity contribution in [2.75, 3.05) is 5.32 Å². The van der Waals surface area contributed by atoms with Crippen molar-refractivity contribution in [3.05, 3.63) is 48.0 Å². The fourth-order valence-corrected chi connectivity index (χ4v) is 2.46. The van der Waals surface area contributed by atoms with Gasteiger partial charge in [-0.1, -0.05) is 31.5 Å². The maximum absolute atomic E-state index is 11.7. The van der Waals surface area contributed by atoms with Gasteiger partial charge in [0.2, 0.25) is 11.8 Å². The normalized spacial score (nSPS) is 10.9. The van der Waals surface area contributed by atoms with Crippen LogP contribution in [-0.4, -0.2) is 16.0 Å². The zero-order valence-corrected chi connectivity index (χ0v) is 15.1. The summed E-state index contributed by atoms with van der Waals surface area (Å²) in [6, 6.07) is 13.5. The number of rotatable bonds is 3. The minimum absolute atomic E-state index is 0.123. The second-order valence-electron chi connectivity index (χ2n) is 6.17. The number of carbonyl (C=O) groups is 1. The van der Waals surface area contributed by atoms with E-state index in [1.165, 1.54) is 5.56 Å². The quantitative estimate of drug-likeness (QED) is 0.688. The Bertz CT molecular complexity index is 929. The lowest BCUT2D eigenvalue weighted by atomic mass is 10.1. The molecule has 0 atom stereocenters. The number of benzene rings is 2. The summed E-state index contributed by atoms with van der Waals surface area (Å²) in [6.07, 6.45) is 0.